The van der Waals surface area contributed by atoms with E-state index < -0.39 is 0 Å². The minimum atomic E-state index is -0.339. The molecule has 0 aromatic heterocycles. The summed E-state index contributed by atoms with van der Waals surface area (Å²) in [6.45, 7) is 3.40. The number of carbonyl (C=O) groups excluding carboxylic acids is 1. The molecule has 1 fully saturated rings. The van der Waals surface area contributed by atoms with Gasteiger partial charge in [-0.1, -0.05) is 15.9 Å². The van der Waals surface area contributed by atoms with Crippen LogP contribution in [-0.4, -0.2) is 29.9 Å². The monoisotopic (exact) mass is 354 g/mol. The van der Waals surface area contributed by atoms with Crippen molar-refractivity contribution in [2.75, 3.05) is 13.1 Å². The molecule has 1 aliphatic heterocycles. The van der Waals surface area contributed by atoms with Crippen LogP contribution in [0.4, 0.5) is 4.39 Å². The first-order valence-electron chi connectivity index (χ1n) is 7.15. The highest BCUT2D eigenvalue weighted by Crippen LogP contribution is 2.20. The second-order valence-corrected chi connectivity index (χ2v) is 6.46. The summed E-state index contributed by atoms with van der Waals surface area (Å²) >= 11 is 3.29. The van der Waals surface area contributed by atoms with Gasteiger partial charge < -0.3 is 10.6 Å². The van der Waals surface area contributed by atoms with Crippen LogP contribution in [0.5, 0.6) is 0 Å². The summed E-state index contributed by atoms with van der Waals surface area (Å²) < 4.78 is 14.4. The zero-order valence-electron chi connectivity index (χ0n) is 12.1. The van der Waals surface area contributed by atoms with Crippen molar-refractivity contribution in [2.24, 2.45) is 11.7 Å². The van der Waals surface area contributed by atoms with E-state index in [1.165, 1.54) is 18.2 Å². The average Bonchev–Trinajstić information content (AvgIpc) is 2.48. The Balaban J connectivity index is 2.03. The van der Waals surface area contributed by atoms with E-state index in [1.807, 2.05) is 6.92 Å². The summed E-state index contributed by atoms with van der Waals surface area (Å²) in [7, 11) is 0. The topological polar surface area (TPSA) is 46.3 Å². The van der Waals surface area contributed by atoms with Crippen LogP contribution < -0.4 is 5.73 Å². The molecular formula is C16H20BrFN2O. The van der Waals surface area contributed by atoms with Crippen LogP contribution >= 0.6 is 15.9 Å². The average molecular weight is 355 g/mol. The third kappa shape index (κ3) is 4.38. The molecule has 1 amide bonds. The molecule has 3 nitrogen and oxygen atoms in total. The maximum atomic E-state index is 13.6. The Morgan fingerprint density at radius 1 is 1.57 bits per heavy atom. The normalized spacial score (nSPS) is 20.8. The molecule has 0 bridgehead atoms. The number of likely N-dealkylation sites (tertiary alicyclic amines) is 1. The summed E-state index contributed by atoms with van der Waals surface area (Å²) in [6.07, 6.45) is 4.99. The zero-order valence-corrected chi connectivity index (χ0v) is 13.6. The Labute approximate surface area is 133 Å². The Morgan fingerprint density at radius 3 is 3.05 bits per heavy atom. The maximum absolute atomic E-state index is 13.6. The SMILES string of the molecule is CC(N)C1CCCN(C(=O)/C=C/c2cc(Br)ccc2F)C1. The molecule has 114 valence electrons. The Hall–Kier alpha value is -1.20. The minimum absolute atomic E-state index is 0.0836. The van der Waals surface area contributed by atoms with Gasteiger partial charge in [0.05, 0.1) is 0 Å². The molecule has 2 N–H and O–H groups in total. The van der Waals surface area contributed by atoms with Crippen LogP contribution in [0.1, 0.15) is 25.3 Å². The van der Waals surface area contributed by atoms with Gasteiger partial charge in [-0.2, -0.15) is 0 Å². The highest BCUT2D eigenvalue weighted by molar-refractivity contribution is 9.10. The molecule has 1 aromatic rings. The van der Waals surface area contributed by atoms with Crippen LogP contribution in [-0.2, 0) is 4.79 Å². The van der Waals surface area contributed by atoms with E-state index in [0.717, 1.165) is 23.9 Å². The molecule has 1 aliphatic rings. The molecule has 0 saturated carbocycles. The molecule has 2 atom stereocenters. The van der Waals surface area contributed by atoms with Crippen molar-refractivity contribution < 1.29 is 9.18 Å². The number of amides is 1. The van der Waals surface area contributed by atoms with Crippen molar-refractivity contribution in [1.29, 1.82) is 0 Å². The van der Waals surface area contributed by atoms with Gasteiger partial charge in [0, 0.05) is 35.2 Å². The van der Waals surface area contributed by atoms with Crippen molar-refractivity contribution in [2.45, 2.75) is 25.8 Å². The molecule has 1 heterocycles. The number of hydrogen-bond donors (Lipinski definition) is 1. The van der Waals surface area contributed by atoms with Gasteiger partial charge in [-0.25, -0.2) is 4.39 Å². The predicted octanol–water partition coefficient (Wildman–Crippen LogP) is 3.19. The molecule has 2 rings (SSSR count). The fourth-order valence-corrected chi connectivity index (χ4v) is 2.93. The number of benzene rings is 1. The van der Waals surface area contributed by atoms with Crippen LogP contribution in [0.2, 0.25) is 0 Å². The molecule has 1 saturated heterocycles. The lowest BCUT2D eigenvalue weighted by atomic mass is 9.92. The lowest BCUT2D eigenvalue weighted by Gasteiger charge is -2.34. The number of hydrogen-bond acceptors (Lipinski definition) is 2. The van der Waals surface area contributed by atoms with Crippen molar-refractivity contribution in [3.63, 3.8) is 0 Å². The maximum Gasteiger partial charge on any atom is 0.246 e. The zero-order chi connectivity index (χ0) is 15.4. The number of carbonyl (C=O) groups is 1. The molecule has 1 aromatic carbocycles. The molecule has 21 heavy (non-hydrogen) atoms. The smallest absolute Gasteiger partial charge is 0.246 e. The second kappa shape index (κ2) is 7.18. The van der Waals surface area contributed by atoms with E-state index in [2.05, 4.69) is 15.9 Å². The molecular weight excluding hydrogens is 335 g/mol. The highest BCUT2D eigenvalue weighted by atomic mass is 79.9. The van der Waals surface area contributed by atoms with Gasteiger partial charge in [0.2, 0.25) is 5.91 Å². The van der Waals surface area contributed by atoms with Crippen LogP contribution in [0.3, 0.4) is 0 Å². The van der Waals surface area contributed by atoms with Gasteiger partial charge in [0.1, 0.15) is 5.82 Å². The van der Waals surface area contributed by atoms with E-state index in [0.29, 0.717) is 18.0 Å². The molecule has 0 aliphatic carbocycles. The van der Waals surface area contributed by atoms with Gasteiger partial charge in [0.25, 0.3) is 0 Å². The molecule has 0 radical (unpaired) electrons. The predicted molar refractivity (Wildman–Crippen MR) is 86.1 cm³/mol. The lowest BCUT2D eigenvalue weighted by molar-refractivity contribution is -0.127. The lowest BCUT2D eigenvalue weighted by Crippen LogP contribution is -2.44. The highest BCUT2D eigenvalue weighted by Gasteiger charge is 2.24. The van der Waals surface area contributed by atoms with Crippen LogP contribution in [0, 0.1) is 11.7 Å². The standard InChI is InChI=1S/C16H20BrFN2O/c1-11(19)13-3-2-8-20(10-13)16(21)7-4-12-9-14(17)5-6-15(12)18/h4-7,9,11,13H,2-3,8,10,19H2,1H3/b7-4+. The van der Waals surface area contributed by atoms with E-state index >= 15 is 0 Å². The summed E-state index contributed by atoms with van der Waals surface area (Å²) in [6, 6.07) is 4.75. The third-order valence-electron chi connectivity index (χ3n) is 3.88. The van der Waals surface area contributed by atoms with Gasteiger partial charge in [-0.15, -0.1) is 0 Å². The first kappa shape index (κ1) is 16.2. The molecule has 2 unspecified atom stereocenters. The van der Waals surface area contributed by atoms with E-state index in [1.54, 1.807) is 17.0 Å². The van der Waals surface area contributed by atoms with Gasteiger partial charge in [-0.05, 0) is 50.0 Å². The number of rotatable bonds is 3. The fraction of sp³-hybridized carbons (Fsp3) is 0.438. The number of nitrogens with two attached hydrogens (primary N) is 1. The van der Waals surface area contributed by atoms with Crippen molar-refractivity contribution in [3.05, 3.63) is 40.1 Å². The third-order valence-corrected chi connectivity index (χ3v) is 4.37. The van der Waals surface area contributed by atoms with Crippen LogP contribution in [0.25, 0.3) is 6.08 Å². The number of halogens is 2. The van der Waals surface area contributed by atoms with Crippen molar-refractivity contribution >= 4 is 27.9 Å². The van der Waals surface area contributed by atoms with Gasteiger partial charge in [0.15, 0.2) is 0 Å². The first-order chi connectivity index (χ1) is 9.97. The summed E-state index contributed by atoms with van der Waals surface area (Å²) in [5, 5.41) is 0. The van der Waals surface area contributed by atoms with Crippen molar-refractivity contribution in [1.82, 2.24) is 4.90 Å². The number of piperidine rings is 1. The number of nitrogens with zero attached hydrogens (tertiary/aromatic N) is 1. The molecule has 0 spiro atoms. The summed E-state index contributed by atoms with van der Waals surface area (Å²) in [5.41, 5.74) is 6.32. The van der Waals surface area contributed by atoms with E-state index in [4.69, 9.17) is 5.73 Å². The second-order valence-electron chi connectivity index (χ2n) is 5.54. The van der Waals surface area contributed by atoms with Crippen LogP contribution in [0.15, 0.2) is 28.7 Å². The quantitative estimate of drug-likeness (QED) is 0.847. The Morgan fingerprint density at radius 2 is 2.33 bits per heavy atom. The summed E-state index contributed by atoms with van der Waals surface area (Å²) in [4.78, 5) is 14.0. The summed E-state index contributed by atoms with van der Waals surface area (Å²) in [5.74, 6) is -0.0761. The van der Waals surface area contributed by atoms with E-state index in [-0.39, 0.29) is 17.8 Å². The van der Waals surface area contributed by atoms with Crippen molar-refractivity contribution in [3.8, 4) is 0 Å². The first-order valence-corrected chi connectivity index (χ1v) is 7.94. The minimum Gasteiger partial charge on any atom is -0.339 e. The Kier molecular flexibility index (Phi) is 5.53. The van der Waals surface area contributed by atoms with Gasteiger partial charge >= 0.3 is 0 Å². The van der Waals surface area contributed by atoms with Gasteiger partial charge in [-0.3, -0.25) is 4.79 Å². The largest absolute Gasteiger partial charge is 0.339 e. The Bertz CT molecular complexity index is 545. The molecule has 5 heteroatoms. The fourth-order valence-electron chi connectivity index (χ4n) is 2.55. The van der Waals surface area contributed by atoms with E-state index in [9.17, 15) is 9.18 Å².